The van der Waals surface area contributed by atoms with Crippen molar-refractivity contribution < 1.29 is 9.53 Å². The third kappa shape index (κ3) is 3.82. The number of nitrogens with one attached hydrogen (secondary N) is 1. The number of rotatable bonds is 6. The molecule has 3 nitrogen and oxygen atoms in total. The SMILES string of the molecule is CCOc1ccc(N/C=C\C(=O)c2ccc3ccccc3c2)cc1. The highest BCUT2D eigenvalue weighted by Gasteiger charge is 2.02. The Hall–Kier alpha value is -3.07. The average Bonchev–Trinajstić information content (AvgIpc) is 2.63. The van der Waals surface area contributed by atoms with Gasteiger partial charge in [0.25, 0.3) is 0 Å². The minimum absolute atomic E-state index is 0.0285. The van der Waals surface area contributed by atoms with E-state index in [9.17, 15) is 4.79 Å². The predicted octanol–water partition coefficient (Wildman–Crippen LogP) is 5.05. The topological polar surface area (TPSA) is 38.3 Å². The molecule has 0 unspecified atom stereocenters. The highest BCUT2D eigenvalue weighted by molar-refractivity contribution is 6.06. The van der Waals surface area contributed by atoms with Crippen LogP contribution in [-0.4, -0.2) is 12.4 Å². The van der Waals surface area contributed by atoms with Gasteiger partial charge in [-0.3, -0.25) is 4.79 Å². The number of fused-ring (bicyclic) bond motifs is 1. The summed E-state index contributed by atoms with van der Waals surface area (Å²) in [6.45, 7) is 2.60. The lowest BCUT2D eigenvalue weighted by atomic mass is 10.0. The van der Waals surface area contributed by atoms with E-state index in [1.54, 1.807) is 12.3 Å². The Labute approximate surface area is 141 Å². The van der Waals surface area contributed by atoms with E-state index in [0.717, 1.165) is 22.2 Å². The highest BCUT2D eigenvalue weighted by atomic mass is 16.5. The maximum absolute atomic E-state index is 12.3. The van der Waals surface area contributed by atoms with E-state index in [2.05, 4.69) is 5.32 Å². The van der Waals surface area contributed by atoms with Crippen molar-refractivity contribution in [1.82, 2.24) is 0 Å². The summed E-state index contributed by atoms with van der Waals surface area (Å²) in [4.78, 5) is 12.3. The van der Waals surface area contributed by atoms with Gasteiger partial charge in [0.2, 0.25) is 0 Å². The zero-order valence-electron chi connectivity index (χ0n) is 13.5. The van der Waals surface area contributed by atoms with Gasteiger partial charge >= 0.3 is 0 Å². The van der Waals surface area contributed by atoms with Crippen LogP contribution in [0.2, 0.25) is 0 Å². The molecular formula is C21H19NO2. The van der Waals surface area contributed by atoms with Gasteiger partial charge in [0.15, 0.2) is 5.78 Å². The van der Waals surface area contributed by atoms with E-state index in [4.69, 9.17) is 4.74 Å². The maximum Gasteiger partial charge on any atom is 0.187 e. The number of anilines is 1. The second kappa shape index (κ2) is 7.47. The second-order valence-corrected chi connectivity index (χ2v) is 5.36. The van der Waals surface area contributed by atoms with E-state index in [1.165, 1.54) is 0 Å². The maximum atomic E-state index is 12.3. The van der Waals surface area contributed by atoms with Crippen molar-refractivity contribution in [2.45, 2.75) is 6.92 Å². The molecule has 24 heavy (non-hydrogen) atoms. The Bertz CT molecular complexity index is 866. The minimum atomic E-state index is -0.0285. The third-order valence-electron chi connectivity index (χ3n) is 3.68. The number of carbonyl (C=O) groups excluding carboxylic acids is 1. The van der Waals surface area contributed by atoms with Crippen LogP contribution in [0.15, 0.2) is 79.0 Å². The Balaban J connectivity index is 1.65. The van der Waals surface area contributed by atoms with Gasteiger partial charge in [-0.1, -0.05) is 36.4 Å². The largest absolute Gasteiger partial charge is 0.494 e. The number of carbonyl (C=O) groups is 1. The molecule has 3 rings (SSSR count). The summed E-state index contributed by atoms with van der Waals surface area (Å²) in [6, 6.07) is 21.4. The van der Waals surface area contributed by atoms with Crippen LogP contribution in [-0.2, 0) is 0 Å². The molecule has 3 heteroatoms. The van der Waals surface area contributed by atoms with Crippen LogP contribution < -0.4 is 10.1 Å². The van der Waals surface area contributed by atoms with Gasteiger partial charge in [-0.25, -0.2) is 0 Å². The van der Waals surface area contributed by atoms with Gasteiger partial charge in [0.05, 0.1) is 6.61 Å². The van der Waals surface area contributed by atoms with Crippen molar-refractivity contribution in [3.05, 3.63) is 84.6 Å². The van der Waals surface area contributed by atoms with Crippen molar-refractivity contribution in [3.8, 4) is 5.75 Å². The van der Waals surface area contributed by atoms with Crippen LogP contribution in [0.1, 0.15) is 17.3 Å². The van der Waals surface area contributed by atoms with E-state index in [0.29, 0.717) is 12.2 Å². The standard InChI is InChI=1S/C21H19NO2/c1-2-24-20-11-9-19(10-12-20)22-14-13-21(23)18-8-7-16-5-3-4-6-17(16)15-18/h3-15,22H,2H2,1H3/b14-13-. The second-order valence-electron chi connectivity index (χ2n) is 5.36. The highest BCUT2D eigenvalue weighted by Crippen LogP contribution is 2.17. The van der Waals surface area contributed by atoms with E-state index >= 15 is 0 Å². The molecule has 0 aliphatic carbocycles. The van der Waals surface area contributed by atoms with Gasteiger partial charge < -0.3 is 10.1 Å². The minimum Gasteiger partial charge on any atom is -0.494 e. The number of benzene rings is 3. The molecule has 0 aromatic heterocycles. The van der Waals surface area contributed by atoms with Crippen LogP contribution >= 0.6 is 0 Å². The van der Waals surface area contributed by atoms with E-state index in [1.807, 2.05) is 73.7 Å². The zero-order valence-corrected chi connectivity index (χ0v) is 13.5. The molecule has 0 aliphatic heterocycles. The molecule has 0 radical (unpaired) electrons. The lowest BCUT2D eigenvalue weighted by molar-refractivity contribution is 0.104. The number of ketones is 1. The molecule has 0 spiro atoms. The van der Waals surface area contributed by atoms with E-state index < -0.39 is 0 Å². The van der Waals surface area contributed by atoms with Crippen molar-refractivity contribution in [1.29, 1.82) is 0 Å². The number of hydrogen-bond acceptors (Lipinski definition) is 3. The van der Waals surface area contributed by atoms with Crippen molar-refractivity contribution >= 4 is 22.2 Å². The number of hydrogen-bond donors (Lipinski definition) is 1. The Morgan fingerprint density at radius 3 is 2.50 bits per heavy atom. The normalized spacial score (nSPS) is 10.9. The monoisotopic (exact) mass is 317 g/mol. The first kappa shape index (κ1) is 15.8. The Kier molecular flexibility index (Phi) is 4.92. The van der Waals surface area contributed by atoms with Crippen LogP contribution in [0.4, 0.5) is 5.69 Å². The molecule has 0 bridgehead atoms. The molecule has 0 saturated carbocycles. The summed E-state index contributed by atoms with van der Waals surface area (Å²) in [7, 11) is 0. The summed E-state index contributed by atoms with van der Waals surface area (Å²) in [5.41, 5.74) is 1.58. The lowest BCUT2D eigenvalue weighted by Gasteiger charge is -2.04. The van der Waals surface area contributed by atoms with Crippen LogP contribution in [0.25, 0.3) is 10.8 Å². The van der Waals surface area contributed by atoms with Crippen molar-refractivity contribution in [3.63, 3.8) is 0 Å². The Morgan fingerprint density at radius 1 is 1.00 bits per heavy atom. The molecule has 120 valence electrons. The summed E-state index contributed by atoms with van der Waals surface area (Å²) in [5.74, 6) is 0.804. The van der Waals surface area contributed by atoms with Crippen molar-refractivity contribution in [2.24, 2.45) is 0 Å². The van der Waals surface area contributed by atoms with Crippen molar-refractivity contribution in [2.75, 3.05) is 11.9 Å². The zero-order chi connectivity index (χ0) is 16.8. The summed E-state index contributed by atoms with van der Waals surface area (Å²) in [6.07, 6.45) is 3.20. The molecule has 0 atom stereocenters. The fourth-order valence-corrected chi connectivity index (χ4v) is 2.47. The third-order valence-corrected chi connectivity index (χ3v) is 3.68. The first-order valence-corrected chi connectivity index (χ1v) is 7.95. The fourth-order valence-electron chi connectivity index (χ4n) is 2.47. The van der Waals surface area contributed by atoms with Crippen LogP contribution in [0.5, 0.6) is 5.75 Å². The molecule has 1 N–H and O–H groups in total. The average molecular weight is 317 g/mol. The smallest absolute Gasteiger partial charge is 0.187 e. The molecule has 3 aromatic carbocycles. The first-order valence-electron chi connectivity index (χ1n) is 7.95. The quantitative estimate of drug-likeness (QED) is 0.511. The number of allylic oxidation sites excluding steroid dienone is 1. The molecule has 0 saturated heterocycles. The fraction of sp³-hybridized carbons (Fsp3) is 0.0952. The van der Waals surface area contributed by atoms with Crippen LogP contribution in [0.3, 0.4) is 0 Å². The van der Waals surface area contributed by atoms with Gasteiger partial charge in [0, 0.05) is 23.5 Å². The lowest BCUT2D eigenvalue weighted by Crippen LogP contribution is -1.96. The predicted molar refractivity (Wildman–Crippen MR) is 98.7 cm³/mol. The van der Waals surface area contributed by atoms with Gasteiger partial charge in [-0.2, -0.15) is 0 Å². The number of ether oxygens (including phenoxy) is 1. The van der Waals surface area contributed by atoms with E-state index in [-0.39, 0.29) is 5.78 Å². The summed E-state index contributed by atoms with van der Waals surface area (Å²) < 4.78 is 5.40. The summed E-state index contributed by atoms with van der Waals surface area (Å²) >= 11 is 0. The first-order chi connectivity index (χ1) is 11.8. The van der Waals surface area contributed by atoms with Gasteiger partial charge in [-0.05, 0) is 48.0 Å². The molecule has 0 amide bonds. The molecule has 0 fully saturated rings. The molecular weight excluding hydrogens is 298 g/mol. The van der Waals surface area contributed by atoms with Crippen LogP contribution in [0, 0.1) is 0 Å². The van der Waals surface area contributed by atoms with Gasteiger partial charge in [-0.15, -0.1) is 0 Å². The van der Waals surface area contributed by atoms with Gasteiger partial charge in [0.1, 0.15) is 5.75 Å². The summed E-state index contributed by atoms with van der Waals surface area (Å²) in [5, 5.41) is 5.29. The molecule has 3 aromatic rings. The molecule has 0 aliphatic rings. The molecule has 0 heterocycles. The Morgan fingerprint density at radius 2 is 1.75 bits per heavy atom.